The van der Waals surface area contributed by atoms with Crippen molar-refractivity contribution in [2.75, 3.05) is 4.72 Å². The van der Waals surface area contributed by atoms with Crippen LogP contribution in [0.3, 0.4) is 0 Å². The van der Waals surface area contributed by atoms with Gasteiger partial charge in [0, 0.05) is 22.5 Å². The van der Waals surface area contributed by atoms with Crippen molar-refractivity contribution in [1.82, 2.24) is 19.5 Å². The molecule has 0 unspecified atom stereocenters. The van der Waals surface area contributed by atoms with Crippen molar-refractivity contribution < 1.29 is 13.2 Å². The lowest BCUT2D eigenvalue weighted by molar-refractivity contribution is 0.459. The number of nitrogens with zero attached hydrogens (tertiary/aromatic N) is 4. The highest BCUT2D eigenvalue weighted by Gasteiger charge is 2.16. The van der Waals surface area contributed by atoms with Crippen LogP contribution in [0.1, 0.15) is 22.8 Å². The molecule has 0 amide bonds. The highest BCUT2D eigenvalue weighted by atomic mass is 35.5. The Morgan fingerprint density at radius 2 is 1.70 bits per heavy atom. The quantitative estimate of drug-likeness (QED) is 0.407. The van der Waals surface area contributed by atoms with Gasteiger partial charge in [-0.05, 0) is 69.7 Å². The monoisotopic (exact) mass is 483 g/mol. The number of anilines is 1. The number of imidazole rings is 1. The summed E-state index contributed by atoms with van der Waals surface area (Å²) in [6.45, 7) is 7.49. The van der Waals surface area contributed by atoms with E-state index < -0.39 is 10.0 Å². The predicted molar refractivity (Wildman–Crippen MR) is 127 cm³/mol. The molecule has 1 N–H and O–H groups in total. The first-order valence-corrected chi connectivity index (χ1v) is 11.9. The largest absolute Gasteiger partial charge is 0.439 e. The lowest BCUT2D eigenvalue weighted by atomic mass is 10.2. The smallest absolute Gasteiger partial charge is 0.261 e. The molecule has 0 bridgehead atoms. The molecule has 0 saturated carbocycles. The van der Waals surface area contributed by atoms with Gasteiger partial charge in [0.15, 0.2) is 0 Å². The minimum absolute atomic E-state index is 0.0902. The predicted octanol–water partition coefficient (Wildman–Crippen LogP) is 5.14. The summed E-state index contributed by atoms with van der Waals surface area (Å²) >= 11 is 6.07. The summed E-state index contributed by atoms with van der Waals surface area (Å²) in [5.41, 5.74) is 3.09. The molecule has 0 fully saturated rings. The number of sulfonamides is 1. The van der Waals surface area contributed by atoms with Crippen molar-refractivity contribution in [3.05, 3.63) is 82.7 Å². The fourth-order valence-corrected chi connectivity index (χ4v) is 4.43. The van der Waals surface area contributed by atoms with Crippen LogP contribution in [0.25, 0.3) is 5.82 Å². The number of halogens is 1. The number of hydrogen-bond donors (Lipinski definition) is 1. The van der Waals surface area contributed by atoms with Gasteiger partial charge < -0.3 is 4.74 Å². The third-order valence-electron chi connectivity index (χ3n) is 5.08. The Morgan fingerprint density at radius 3 is 2.33 bits per heavy atom. The standard InChI is InChI=1S/C23H22ClN5O3S/c1-14-5-10-20(11-21(14)24)33(30,31)28-18-6-8-19(9-7-18)32-23-12-22(26-17(4)27-23)29-13-25-15(2)16(29)3/h5-13,28H,1-4H3. The van der Waals surface area contributed by atoms with Crippen LogP contribution in [0.15, 0.2) is 59.8 Å². The fraction of sp³-hybridized carbons (Fsp3) is 0.174. The number of nitrogens with one attached hydrogen (secondary N) is 1. The molecule has 2 heterocycles. The zero-order valence-corrected chi connectivity index (χ0v) is 20.1. The van der Waals surface area contributed by atoms with E-state index in [1.807, 2.05) is 25.3 Å². The molecule has 2 aromatic heterocycles. The van der Waals surface area contributed by atoms with Gasteiger partial charge in [-0.2, -0.15) is 4.98 Å². The normalized spacial score (nSPS) is 11.4. The third kappa shape index (κ3) is 4.99. The first-order valence-electron chi connectivity index (χ1n) is 10.1. The van der Waals surface area contributed by atoms with E-state index in [9.17, 15) is 8.42 Å². The summed E-state index contributed by atoms with van der Waals surface area (Å²) in [6, 6.07) is 12.9. The van der Waals surface area contributed by atoms with Crippen molar-refractivity contribution >= 4 is 27.3 Å². The molecular formula is C23H22ClN5O3S. The van der Waals surface area contributed by atoms with E-state index in [4.69, 9.17) is 16.3 Å². The van der Waals surface area contributed by atoms with E-state index >= 15 is 0 Å². The van der Waals surface area contributed by atoms with Crippen LogP contribution in [0, 0.1) is 27.7 Å². The zero-order chi connectivity index (χ0) is 23.8. The Kier molecular flexibility index (Phi) is 6.09. The second-order valence-electron chi connectivity index (χ2n) is 7.54. The van der Waals surface area contributed by atoms with Crippen LogP contribution in [-0.4, -0.2) is 27.9 Å². The highest BCUT2D eigenvalue weighted by molar-refractivity contribution is 7.92. The van der Waals surface area contributed by atoms with E-state index in [1.165, 1.54) is 12.1 Å². The Morgan fingerprint density at radius 1 is 0.970 bits per heavy atom. The third-order valence-corrected chi connectivity index (χ3v) is 6.87. The molecule has 0 aliphatic rings. The lowest BCUT2D eigenvalue weighted by Crippen LogP contribution is -2.13. The maximum atomic E-state index is 12.7. The molecule has 0 radical (unpaired) electrons. The van der Waals surface area contributed by atoms with Crippen LogP contribution in [0.5, 0.6) is 11.6 Å². The van der Waals surface area contributed by atoms with E-state index in [0.717, 1.165) is 17.0 Å². The topological polar surface area (TPSA) is 99.0 Å². The van der Waals surface area contributed by atoms with E-state index in [0.29, 0.717) is 34.0 Å². The molecule has 170 valence electrons. The number of rotatable bonds is 6. The van der Waals surface area contributed by atoms with Crippen LogP contribution in [-0.2, 0) is 10.0 Å². The van der Waals surface area contributed by atoms with E-state index in [2.05, 4.69) is 19.7 Å². The number of hydrogen-bond acceptors (Lipinski definition) is 6. The molecule has 0 aliphatic heterocycles. The van der Waals surface area contributed by atoms with Crippen molar-refractivity contribution in [3.8, 4) is 17.4 Å². The van der Waals surface area contributed by atoms with Gasteiger partial charge in [-0.3, -0.25) is 9.29 Å². The maximum Gasteiger partial charge on any atom is 0.261 e. The van der Waals surface area contributed by atoms with E-state index in [1.54, 1.807) is 49.6 Å². The average molecular weight is 484 g/mol. The summed E-state index contributed by atoms with van der Waals surface area (Å²) in [5, 5.41) is 0.391. The molecule has 10 heteroatoms. The van der Waals surface area contributed by atoms with Gasteiger partial charge in [0.1, 0.15) is 23.7 Å². The Balaban J connectivity index is 1.52. The summed E-state index contributed by atoms with van der Waals surface area (Å²) in [5.74, 6) is 2.07. The molecule has 4 aromatic rings. The first kappa shape index (κ1) is 22.8. The first-order chi connectivity index (χ1) is 15.6. The number of aryl methyl sites for hydroxylation is 3. The van der Waals surface area contributed by atoms with E-state index in [-0.39, 0.29) is 4.90 Å². The van der Waals surface area contributed by atoms with Crippen molar-refractivity contribution in [3.63, 3.8) is 0 Å². The molecule has 4 rings (SSSR count). The van der Waals surface area contributed by atoms with Gasteiger partial charge in [0.25, 0.3) is 10.0 Å². The van der Waals surface area contributed by atoms with Crippen molar-refractivity contribution in [2.24, 2.45) is 0 Å². The zero-order valence-electron chi connectivity index (χ0n) is 18.5. The van der Waals surface area contributed by atoms with Gasteiger partial charge in [0.05, 0.1) is 10.6 Å². The summed E-state index contributed by atoms with van der Waals surface area (Å²) in [7, 11) is -3.77. The minimum Gasteiger partial charge on any atom is -0.439 e. The Bertz CT molecular complexity index is 1430. The Labute approximate surface area is 197 Å². The van der Waals surface area contributed by atoms with Crippen LogP contribution >= 0.6 is 11.6 Å². The molecule has 33 heavy (non-hydrogen) atoms. The fourth-order valence-electron chi connectivity index (χ4n) is 3.10. The second-order valence-corrected chi connectivity index (χ2v) is 9.63. The SMILES string of the molecule is Cc1nc(Oc2ccc(NS(=O)(=O)c3ccc(C)c(Cl)c3)cc2)cc(-n2cnc(C)c2C)n1. The molecule has 0 aliphatic carbocycles. The van der Waals surface area contributed by atoms with Gasteiger partial charge in [-0.1, -0.05) is 17.7 Å². The Hall–Kier alpha value is -3.43. The lowest BCUT2D eigenvalue weighted by Gasteiger charge is -2.11. The second kappa shape index (κ2) is 8.84. The number of ether oxygens (including phenoxy) is 1. The molecule has 2 aromatic carbocycles. The number of benzene rings is 2. The molecule has 0 spiro atoms. The number of aromatic nitrogens is 4. The summed E-state index contributed by atoms with van der Waals surface area (Å²) in [6.07, 6.45) is 1.71. The minimum atomic E-state index is -3.77. The van der Waals surface area contributed by atoms with Gasteiger partial charge >= 0.3 is 0 Å². The average Bonchev–Trinajstić information content (AvgIpc) is 3.09. The molecular weight excluding hydrogens is 462 g/mol. The van der Waals surface area contributed by atoms with Crippen LogP contribution in [0.4, 0.5) is 5.69 Å². The van der Waals surface area contributed by atoms with Crippen molar-refractivity contribution in [1.29, 1.82) is 0 Å². The molecule has 0 atom stereocenters. The van der Waals surface area contributed by atoms with Crippen molar-refractivity contribution in [2.45, 2.75) is 32.6 Å². The summed E-state index contributed by atoms with van der Waals surface area (Å²) in [4.78, 5) is 13.2. The van der Waals surface area contributed by atoms with Gasteiger partial charge in [-0.25, -0.2) is 18.4 Å². The van der Waals surface area contributed by atoms with Crippen LogP contribution < -0.4 is 9.46 Å². The van der Waals surface area contributed by atoms with Gasteiger partial charge in [0.2, 0.25) is 5.88 Å². The molecule has 8 nitrogen and oxygen atoms in total. The highest BCUT2D eigenvalue weighted by Crippen LogP contribution is 2.26. The van der Waals surface area contributed by atoms with Crippen LogP contribution in [0.2, 0.25) is 5.02 Å². The molecule has 0 saturated heterocycles. The maximum absolute atomic E-state index is 12.7. The van der Waals surface area contributed by atoms with Gasteiger partial charge in [-0.15, -0.1) is 0 Å². The summed E-state index contributed by atoms with van der Waals surface area (Å²) < 4.78 is 35.6.